The van der Waals surface area contributed by atoms with Gasteiger partial charge in [-0.15, -0.1) is 0 Å². The van der Waals surface area contributed by atoms with E-state index in [2.05, 4.69) is 47.9 Å². The number of nitrogens with one attached hydrogen (secondary N) is 2. The van der Waals surface area contributed by atoms with Gasteiger partial charge in [0.05, 0.1) is 0 Å². The molecule has 0 saturated carbocycles. The van der Waals surface area contributed by atoms with Gasteiger partial charge in [0.15, 0.2) is 11.5 Å². The lowest BCUT2D eigenvalue weighted by atomic mass is 9.99. The Bertz CT molecular complexity index is 689. The van der Waals surface area contributed by atoms with Crippen molar-refractivity contribution in [2.24, 2.45) is 0 Å². The average Bonchev–Trinajstić information content (AvgIpc) is 2.74. The molecule has 29 heavy (non-hydrogen) atoms. The molecule has 0 unspecified atom stereocenters. The Balaban J connectivity index is 1.46. The minimum Gasteiger partial charge on any atom is -0.504 e. The zero-order valence-electron chi connectivity index (χ0n) is 17.9. The van der Waals surface area contributed by atoms with Crippen molar-refractivity contribution in [3.63, 3.8) is 0 Å². The van der Waals surface area contributed by atoms with Crippen molar-refractivity contribution in [1.82, 2.24) is 10.6 Å². The lowest BCUT2D eigenvalue weighted by Gasteiger charge is -2.12. The van der Waals surface area contributed by atoms with Gasteiger partial charge in [-0.3, -0.25) is 0 Å². The van der Waals surface area contributed by atoms with Gasteiger partial charge in [-0.05, 0) is 75.5 Å². The van der Waals surface area contributed by atoms with Gasteiger partial charge >= 0.3 is 0 Å². The smallest absolute Gasteiger partial charge is 0.160 e. The van der Waals surface area contributed by atoms with E-state index >= 15 is 0 Å². The van der Waals surface area contributed by atoms with E-state index < -0.39 is 0 Å². The molecule has 0 aliphatic rings. The summed E-state index contributed by atoms with van der Waals surface area (Å²) in [7, 11) is 0. The molecule has 0 radical (unpaired) electrons. The highest BCUT2D eigenvalue weighted by molar-refractivity contribution is 5.49. The highest BCUT2D eigenvalue weighted by Gasteiger charge is 2.11. The molecular formula is C25H38N2O2. The first-order valence-electron chi connectivity index (χ1n) is 11.2. The van der Waals surface area contributed by atoms with Gasteiger partial charge in [0.2, 0.25) is 0 Å². The van der Waals surface area contributed by atoms with Crippen LogP contribution in [0.4, 0.5) is 0 Å². The number of aromatic hydroxyl groups is 2. The minimum absolute atomic E-state index is 0.0142. The third-order valence-electron chi connectivity index (χ3n) is 5.32. The molecule has 2 aromatic carbocycles. The Morgan fingerprint density at radius 2 is 1.34 bits per heavy atom. The van der Waals surface area contributed by atoms with Gasteiger partial charge in [0.25, 0.3) is 0 Å². The Labute approximate surface area is 176 Å². The first kappa shape index (κ1) is 23.2. The predicted molar refractivity (Wildman–Crippen MR) is 122 cm³/mol. The number of unbranched alkanes of at least 4 members (excludes halogenated alkanes) is 3. The van der Waals surface area contributed by atoms with Crippen LogP contribution < -0.4 is 10.6 Å². The summed E-state index contributed by atoms with van der Waals surface area (Å²) in [6, 6.07) is 14.2. The van der Waals surface area contributed by atoms with Crippen molar-refractivity contribution in [3.05, 3.63) is 59.2 Å². The van der Waals surface area contributed by atoms with Gasteiger partial charge in [0, 0.05) is 5.56 Å². The summed E-state index contributed by atoms with van der Waals surface area (Å²) in [4.78, 5) is 0. The Morgan fingerprint density at radius 3 is 2.00 bits per heavy atom. The zero-order valence-corrected chi connectivity index (χ0v) is 17.9. The molecule has 0 aromatic heterocycles. The molecular weight excluding hydrogens is 360 g/mol. The molecule has 0 bridgehead atoms. The summed E-state index contributed by atoms with van der Waals surface area (Å²) in [5.41, 5.74) is 3.43. The van der Waals surface area contributed by atoms with E-state index in [9.17, 15) is 10.2 Å². The van der Waals surface area contributed by atoms with Gasteiger partial charge in [-0.2, -0.15) is 0 Å². The lowest BCUT2D eigenvalue weighted by molar-refractivity contribution is 0.398. The Morgan fingerprint density at radius 1 is 0.690 bits per heavy atom. The molecule has 160 valence electrons. The van der Waals surface area contributed by atoms with Crippen LogP contribution in [0.25, 0.3) is 0 Å². The Kier molecular flexibility index (Phi) is 11.2. The molecule has 0 spiro atoms. The van der Waals surface area contributed by atoms with E-state index in [1.165, 1.54) is 31.2 Å². The highest BCUT2D eigenvalue weighted by Crippen LogP contribution is 2.32. The SMILES string of the molecule is CCCc1c(CCNCCCCCCNCCc2ccccc2)ccc(O)c1O. The molecule has 2 aromatic rings. The Hall–Kier alpha value is -2.04. The van der Waals surface area contributed by atoms with Crippen LogP contribution in [0.5, 0.6) is 11.5 Å². The summed E-state index contributed by atoms with van der Waals surface area (Å²) in [5, 5.41) is 26.8. The van der Waals surface area contributed by atoms with E-state index in [0.717, 1.165) is 63.0 Å². The topological polar surface area (TPSA) is 64.5 Å². The van der Waals surface area contributed by atoms with Crippen LogP contribution in [0.3, 0.4) is 0 Å². The standard InChI is InChI=1S/C25H38N2O2/c1-2-10-23-22(13-14-24(28)25(23)29)16-20-27-18-9-4-3-8-17-26-19-15-21-11-6-5-7-12-21/h5-7,11-14,26-29H,2-4,8-10,15-20H2,1H3. The third-order valence-corrected chi connectivity index (χ3v) is 5.32. The molecule has 0 heterocycles. The van der Waals surface area contributed by atoms with E-state index in [0.29, 0.717) is 0 Å². The monoisotopic (exact) mass is 398 g/mol. The molecule has 0 atom stereocenters. The molecule has 2 rings (SSSR count). The maximum atomic E-state index is 10.1. The molecule has 4 nitrogen and oxygen atoms in total. The van der Waals surface area contributed by atoms with Crippen LogP contribution in [0.15, 0.2) is 42.5 Å². The van der Waals surface area contributed by atoms with E-state index in [4.69, 9.17) is 0 Å². The highest BCUT2D eigenvalue weighted by atomic mass is 16.3. The van der Waals surface area contributed by atoms with E-state index in [1.807, 2.05) is 6.07 Å². The summed E-state index contributed by atoms with van der Waals surface area (Å²) in [5.74, 6) is 0.0430. The molecule has 0 aliphatic carbocycles. The fourth-order valence-corrected chi connectivity index (χ4v) is 3.63. The first-order chi connectivity index (χ1) is 14.2. The fraction of sp³-hybridized carbons (Fsp3) is 0.520. The second kappa shape index (κ2) is 14.0. The molecule has 0 saturated heterocycles. The lowest BCUT2D eigenvalue weighted by Crippen LogP contribution is -2.20. The average molecular weight is 399 g/mol. The van der Waals surface area contributed by atoms with Gasteiger partial charge in [0.1, 0.15) is 0 Å². The maximum absolute atomic E-state index is 10.1. The molecule has 0 fully saturated rings. The molecule has 4 heteroatoms. The zero-order chi connectivity index (χ0) is 20.7. The third kappa shape index (κ3) is 8.88. The van der Waals surface area contributed by atoms with Crippen molar-refractivity contribution in [1.29, 1.82) is 0 Å². The number of phenolic OH excluding ortho intramolecular Hbond substituents is 2. The predicted octanol–water partition coefficient (Wildman–Crippen LogP) is 4.58. The molecule has 0 aliphatic heterocycles. The van der Waals surface area contributed by atoms with E-state index in [1.54, 1.807) is 6.07 Å². The van der Waals surface area contributed by atoms with Gasteiger partial charge in [-0.1, -0.05) is 62.6 Å². The maximum Gasteiger partial charge on any atom is 0.160 e. The fourth-order valence-electron chi connectivity index (χ4n) is 3.63. The van der Waals surface area contributed by atoms with Crippen LogP contribution in [-0.2, 0) is 19.3 Å². The number of benzene rings is 2. The number of rotatable bonds is 15. The van der Waals surface area contributed by atoms with Crippen LogP contribution in [0, 0.1) is 0 Å². The van der Waals surface area contributed by atoms with Crippen molar-refractivity contribution in [2.75, 3.05) is 26.2 Å². The number of hydrogen-bond donors (Lipinski definition) is 4. The van der Waals surface area contributed by atoms with Gasteiger partial charge in [-0.25, -0.2) is 0 Å². The molecule has 0 amide bonds. The van der Waals surface area contributed by atoms with Crippen LogP contribution in [-0.4, -0.2) is 36.4 Å². The summed E-state index contributed by atoms with van der Waals surface area (Å²) in [6.07, 6.45) is 8.71. The largest absolute Gasteiger partial charge is 0.504 e. The second-order valence-corrected chi connectivity index (χ2v) is 7.72. The summed E-state index contributed by atoms with van der Waals surface area (Å²) < 4.78 is 0. The van der Waals surface area contributed by atoms with Crippen molar-refractivity contribution in [3.8, 4) is 11.5 Å². The second-order valence-electron chi connectivity index (χ2n) is 7.72. The van der Waals surface area contributed by atoms with Gasteiger partial charge < -0.3 is 20.8 Å². The minimum atomic E-state index is -0.0142. The van der Waals surface area contributed by atoms with E-state index in [-0.39, 0.29) is 11.5 Å². The summed E-state index contributed by atoms with van der Waals surface area (Å²) in [6.45, 7) is 6.18. The van der Waals surface area contributed by atoms with Crippen molar-refractivity contribution < 1.29 is 10.2 Å². The van der Waals surface area contributed by atoms with Crippen molar-refractivity contribution >= 4 is 0 Å². The van der Waals surface area contributed by atoms with Crippen LogP contribution in [0.2, 0.25) is 0 Å². The van der Waals surface area contributed by atoms with Crippen molar-refractivity contribution in [2.45, 2.75) is 58.3 Å². The quantitative estimate of drug-likeness (QED) is 0.262. The summed E-state index contributed by atoms with van der Waals surface area (Å²) >= 11 is 0. The normalized spacial score (nSPS) is 11.1. The first-order valence-corrected chi connectivity index (χ1v) is 11.2. The number of phenols is 2. The number of hydrogen-bond acceptors (Lipinski definition) is 4. The van der Waals surface area contributed by atoms with Crippen LogP contribution in [0.1, 0.15) is 55.7 Å². The van der Waals surface area contributed by atoms with Crippen LogP contribution >= 0.6 is 0 Å². The molecule has 4 N–H and O–H groups in total.